The zero-order valence-corrected chi connectivity index (χ0v) is 18.0. The summed E-state index contributed by atoms with van der Waals surface area (Å²) in [4.78, 5) is 23.9. The molecule has 0 saturated heterocycles. The van der Waals surface area contributed by atoms with E-state index in [1.54, 1.807) is 37.1 Å². The molecule has 9 nitrogen and oxygen atoms in total. The number of benzene rings is 1. The van der Waals surface area contributed by atoms with Crippen LogP contribution in [-0.4, -0.2) is 43.0 Å². The summed E-state index contributed by atoms with van der Waals surface area (Å²) in [5, 5.41) is 3.07. The van der Waals surface area contributed by atoms with Gasteiger partial charge in [0.1, 0.15) is 0 Å². The molecule has 2 aromatic rings. The number of nitrogens with one attached hydrogen (secondary N) is 2. The van der Waals surface area contributed by atoms with Crippen molar-refractivity contribution in [2.24, 2.45) is 0 Å². The second-order valence-corrected chi connectivity index (χ2v) is 9.85. The molecule has 4 rings (SSSR count). The van der Waals surface area contributed by atoms with Crippen molar-refractivity contribution in [3.8, 4) is 5.75 Å². The van der Waals surface area contributed by atoms with Gasteiger partial charge in [0.05, 0.1) is 11.1 Å². The van der Waals surface area contributed by atoms with Crippen LogP contribution in [0, 0.1) is 0 Å². The smallest absolute Gasteiger partial charge is 0.272 e. The van der Waals surface area contributed by atoms with Crippen molar-refractivity contribution >= 4 is 33.4 Å². The van der Waals surface area contributed by atoms with Crippen LogP contribution in [0.3, 0.4) is 0 Å². The Morgan fingerprint density at radius 2 is 1.83 bits per heavy atom. The van der Waals surface area contributed by atoms with Crippen LogP contribution >= 0.6 is 0 Å². The molecule has 2 N–H and O–H groups in total. The van der Waals surface area contributed by atoms with Gasteiger partial charge in [-0.1, -0.05) is 12.8 Å². The lowest BCUT2D eigenvalue weighted by Gasteiger charge is -2.40. The van der Waals surface area contributed by atoms with Gasteiger partial charge in [-0.05, 0) is 58.0 Å². The Bertz CT molecular complexity index is 1060. The average Bonchev–Trinajstić information content (AvgIpc) is 3.24. The number of aromatic nitrogens is 2. The summed E-state index contributed by atoms with van der Waals surface area (Å²) in [6.07, 6.45) is 5.62. The fourth-order valence-electron chi connectivity index (χ4n) is 3.84. The summed E-state index contributed by atoms with van der Waals surface area (Å²) in [6.45, 7) is 3.51. The number of ether oxygens (including phenoxy) is 1. The van der Waals surface area contributed by atoms with E-state index < -0.39 is 15.6 Å². The quantitative estimate of drug-likeness (QED) is 0.748. The summed E-state index contributed by atoms with van der Waals surface area (Å²) in [6, 6.07) is 6.35. The van der Waals surface area contributed by atoms with Crippen LogP contribution in [0.4, 0.5) is 17.5 Å². The van der Waals surface area contributed by atoms with Gasteiger partial charge < -0.3 is 10.1 Å². The highest BCUT2D eigenvalue weighted by Crippen LogP contribution is 2.40. The molecule has 0 radical (unpaired) electrons. The highest BCUT2D eigenvalue weighted by atomic mass is 32.2. The molecule has 0 unspecified atom stereocenters. The van der Waals surface area contributed by atoms with Crippen molar-refractivity contribution in [2.75, 3.05) is 17.3 Å². The number of anilines is 3. The molecule has 1 aliphatic heterocycles. The number of fused-ring (bicyclic) bond motifs is 1. The van der Waals surface area contributed by atoms with Gasteiger partial charge in [0.15, 0.2) is 17.2 Å². The molecule has 1 amide bonds. The van der Waals surface area contributed by atoms with E-state index in [1.165, 1.54) is 19.2 Å². The van der Waals surface area contributed by atoms with Crippen LogP contribution in [0.5, 0.6) is 5.75 Å². The third kappa shape index (κ3) is 3.72. The molecule has 2 aliphatic rings. The molecule has 0 bridgehead atoms. The van der Waals surface area contributed by atoms with Gasteiger partial charge in [0.25, 0.3) is 5.91 Å². The molecular formula is C20H25N5O4S. The first-order chi connectivity index (χ1) is 14.2. The number of carbonyl (C=O) groups excluding carboxylic acids is 1. The molecule has 0 spiro atoms. The zero-order chi connectivity index (χ0) is 21.5. The minimum atomic E-state index is -3.50. The van der Waals surface area contributed by atoms with Crippen molar-refractivity contribution < 1.29 is 17.9 Å². The topological polar surface area (TPSA) is 114 Å². The lowest BCUT2D eigenvalue weighted by molar-refractivity contribution is -0.133. The van der Waals surface area contributed by atoms with E-state index in [0.29, 0.717) is 23.2 Å². The summed E-state index contributed by atoms with van der Waals surface area (Å²) < 4.78 is 31.9. The molecule has 1 aliphatic carbocycles. The van der Waals surface area contributed by atoms with Crippen LogP contribution in [0.1, 0.15) is 39.5 Å². The number of amides is 1. The van der Waals surface area contributed by atoms with E-state index in [2.05, 4.69) is 20.0 Å². The SMILES string of the molecule is CNS(=O)(=O)c1ccc(Nc2ncc3c(n2)N(C2CCCC2)C(=O)C(C)(C)O3)cc1. The molecule has 10 heteroatoms. The predicted octanol–water partition coefficient (Wildman–Crippen LogP) is 2.57. The van der Waals surface area contributed by atoms with Gasteiger partial charge >= 0.3 is 0 Å². The average molecular weight is 432 g/mol. The van der Waals surface area contributed by atoms with E-state index in [9.17, 15) is 13.2 Å². The highest BCUT2D eigenvalue weighted by Gasteiger charge is 2.45. The third-order valence-electron chi connectivity index (χ3n) is 5.44. The largest absolute Gasteiger partial charge is 0.472 e. The first-order valence-corrected chi connectivity index (χ1v) is 11.4. The van der Waals surface area contributed by atoms with Gasteiger partial charge in [-0.15, -0.1) is 0 Å². The minimum Gasteiger partial charge on any atom is -0.472 e. The first-order valence-electron chi connectivity index (χ1n) is 9.91. The van der Waals surface area contributed by atoms with Crippen molar-refractivity contribution in [1.82, 2.24) is 14.7 Å². The standard InChI is InChI=1S/C20H25N5O4S/c1-20(2)18(26)25(14-6-4-5-7-14)17-16(29-20)12-22-19(24-17)23-13-8-10-15(11-9-13)30(27,28)21-3/h8-12,14,21H,4-7H2,1-3H3,(H,22,23,24). The fourth-order valence-corrected chi connectivity index (χ4v) is 4.57. The van der Waals surface area contributed by atoms with Crippen LogP contribution < -0.4 is 19.7 Å². The number of nitrogens with zero attached hydrogens (tertiary/aromatic N) is 3. The minimum absolute atomic E-state index is 0.104. The maximum atomic E-state index is 13.1. The Kier molecular flexibility index (Phi) is 5.15. The van der Waals surface area contributed by atoms with Crippen molar-refractivity contribution in [3.05, 3.63) is 30.5 Å². The summed E-state index contributed by atoms with van der Waals surface area (Å²) in [5.41, 5.74) is -0.344. The Balaban J connectivity index is 1.64. The molecular weight excluding hydrogens is 406 g/mol. The maximum Gasteiger partial charge on any atom is 0.272 e. The molecule has 1 fully saturated rings. The molecule has 1 aromatic heterocycles. The van der Waals surface area contributed by atoms with Crippen molar-refractivity contribution in [2.45, 2.75) is 56.1 Å². The first kappa shape index (κ1) is 20.5. The Hall–Kier alpha value is -2.72. The summed E-state index contributed by atoms with van der Waals surface area (Å²) in [7, 11) is -2.14. The van der Waals surface area contributed by atoms with Crippen molar-refractivity contribution in [1.29, 1.82) is 0 Å². The third-order valence-corrected chi connectivity index (χ3v) is 6.87. The number of hydrogen-bond acceptors (Lipinski definition) is 7. The van der Waals surface area contributed by atoms with Crippen molar-refractivity contribution in [3.63, 3.8) is 0 Å². The van der Waals surface area contributed by atoms with Crippen LogP contribution in [0.2, 0.25) is 0 Å². The van der Waals surface area contributed by atoms with E-state index in [0.717, 1.165) is 25.7 Å². The molecule has 1 aromatic carbocycles. The van der Waals surface area contributed by atoms with E-state index >= 15 is 0 Å². The van der Waals surface area contributed by atoms with Crippen LogP contribution in [-0.2, 0) is 14.8 Å². The van der Waals surface area contributed by atoms with E-state index in [1.807, 2.05) is 0 Å². The molecule has 1 saturated carbocycles. The van der Waals surface area contributed by atoms with E-state index in [4.69, 9.17) is 4.74 Å². The van der Waals surface area contributed by atoms with Gasteiger partial charge in [-0.25, -0.2) is 18.1 Å². The Morgan fingerprint density at radius 1 is 1.17 bits per heavy atom. The highest BCUT2D eigenvalue weighted by molar-refractivity contribution is 7.89. The lowest BCUT2D eigenvalue weighted by Crippen LogP contribution is -2.55. The predicted molar refractivity (Wildman–Crippen MR) is 112 cm³/mol. The number of sulfonamides is 1. The molecule has 30 heavy (non-hydrogen) atoms. The second-order valence-electron chi connectivity index (χ2n) is 7.96. The maximum absolute atomic E-state index is 13.1. The van der Waals surface area contributed by atoms with Gasteiger partial charge in [-0.2, -0.15) is 4.98 Å². The fraction of sp³-hybridized carbons (Fsp3) is 0.450. The van der Waals surface area contributed by atoms with Gasteiger partial charge in [-0.3, -0.25) is 9.69 Å². The summed E-state index contributed by atoms with van der Waals surface area (Å²) in [5.74, 6) is 1.15. The molecule has 0 atom stereocenters. The van der Waals surface area contributed by atoms with Crippen LogP contribution in [0.25, 0.3) is 0 Å². The van der Waals surface area contributed by atoms with Gasteiger partial charge in [0.2, 0.25) is 16.0 Å². The van der Waals surface area contributed by atoms with Gasteiger partial charge in [0, 0.05) is 11.7 Å². The monoisotopic (exact) mass is 431 g/mol. The Labute approximate surface area is 175 Å². The van der Waals surface area contributed by atoms with E-state index in [-0.39, 0.29) is 16.8 Å². The second kappa shape index (κ2) is 7.51. The zero-order valence-electron chi connectivity index (χ0n) is 17.2. The normalized spacial score (nSPS) is 18.8. The summed E-state index contributed by atoms with van der Waals surface area (Å²) >= 11 is 0. The number of rotatable bonds is 5. The molecule has 2 heterocycles. The van der Waals surface area contributed by atoms with Crippen LogP contribution in [0.15, 0.2) is 35.4 Å². The number of carbonyl (C=O) groups is 1. The molecule has 160 valence electrons. The lowest BCUT2D eigenvalue weighted by atomic mass is 10.0. The Morgan fingerprint density at radius 3 is 2.47 bits per heavy atom. The number of hydrogen-bond donors (Lipinski definition) is 2.